The minimum Gasteiger partial charge on any atom is -0.508 e. The number of carbonyl (C=O) groups is 3. The minimum absolute atomic E-state index is 0.0762. The summed E-state index contributed by atoms with van der Waals surface area (Å²) in [6, 6.07) is 12.7. The summed E-state index contributed by atoms with van der Waals surface area (Å²) in [5.41, 5.74) is 4.08. The molecule has 0 aliphatic heterocycles. The van der Waals surface area contributed by atoms with Crippen LogP contribution in [0.4, 0.5) is 0 Å². The van der Waals surface area contributed by atoms with Crippen LogP contribution in [0.5, 0.6) is 5.75 Å². The van der Waals surface area contributed by atoms with Crippen molar-refractivity contribution in [2.24, 2.45) is 17.6 Å². The normalized spacial score (nSPS) is 26.0. The van der Waals surface area contributed by atoms with E-state index in [-0.39, 0.29) is 36.1 Å². The van der Waals surface area contributed by atoms with E-state index in [2.05, 4.69) is 0 Å². The van der Waals surface area contributed by atoms with Gasteiger partial charge < -0.3 is 26.2 Å². The van der Waals surface area contributed by atoms with E-state index in [0.29, 0.717) is 5.56 Å². The van der Waals surface area contributed by atoms with Gasteiger partial charge in [-0.3, -0.25) is 14.4 Å². The third-order valence-electron chi connectivity index (χ3n) is 7.24. The summed E-state index contributed by atoms with van der Waals surface area (Å²) < 4.78 is 0. The maximum absolute atomic E-state index is 13.5. The van der Waals surface area contributed by atoms with Crippen molar-refractivity contribution in [3.05, 3.63) is 81.6 Å². The van der Waals surface area contributed by atoms with Crippen molar-refractivity contribution >= 4 is 35.4 Å². The Hall–Kier alpha value is -4.17. The average molecular weight is 473 g/mol. The van der Waals surface area contributed by atoms with Gasteiger partial charge in [0.25, 0.3) is 5.91 Å². The van der Waals surface area contributed by atoms with Crippen LogP contribution in [0, 0.1) is 11.8 Å². The van der Waals surface area contributed by atoms with Gasteiger partial charge in [-0.2, -0.15) is 0 Å². The molecule has 1 saturated carbocycles. The molecule has 0 heterocycles. The van der Waals surface area contributed by atoms with Gasteiger partial charge >= 0.3 is 0 Å². The lowest BCUT2D eigenvalue weighted by Crippen LogP contribution is -2.58. The molecule has 0 saturated heterocycles. The van der Waals surface area contributed by atoms with Gasteiger partial charge in [0.05, 0.1) is 5.56 Å². The number of benzene rings is 2. The van der Waals surface area contributed by atoms with Gasteiger partial charge in [0.1, 0.15) is 22.8 Å². The molecule has 0 aromatic heterocycles. The Morgan fingerprint density at radius 1 is 1.00 bits per heavy atom. The number of phenolic OH excluding ortho intramolecular Hbond substituents is 1. The van der Waals surface area contributed by atoms with E-state index in [1.807, 2.05) is 42.5 Å². The van der Waals surface area contributed by atoms with Crippen LogP contribution in [0.2, 0.25) is 0 Å². The summed E-state index contributed by atoms with van der Waals surface area (Å²) in [6.07, 6.45) is 3.76. The van der Waals surface area contributed by atoms with E-state index in [9.17, 15) is 34.8 Å². The summed E-state index contributed by atoms with van der Waals surface area (Å²) >= 11 is 0. The van der Waals surface area contributed by atoms with Crippen molar-refractivity contribution in [1.29, 1.82) is 0 Å². The number of aliphatic hydroxyl groups is 3. The standard InChI is InChI=1S/C27H23NO7/c28-26(34)22-19(30)12-16-10-15-11-17-14(7-6-13-4-2-1-3-5-13)8-9-18(29)21(17)23(31)20(15)24(32)27(16,35)25(22)33/h1-9,15-16,29,31,33,35H,10-12H2,(H2,28,34)/b7-6+/t15-,16+,27+/m1/s1. The van der Waals surface area contributed by atoms with Gasteiger partial charge in [-0.25, -0.2) is 0 Å². The SMILES string of the molecule is NC(=O)C1=C(O)[C@@]2(O)C(=O)C3=C(O)c4c(O)ccc(/C=C/c5ccccc5)c4C[C@H]3C[C@H]2CC1=O. The maximum Gasteiger partial charge on any atom is 0.255 e. The van der Waals surface area contributed by atoms with E-state index in [0.717, 1.165) is 11.1 Å². The van der Waals surface area contributed by atoms with E-state index >= 15 is 0 Å². The Balaban J connectivity index is 1.64. The highest BCUT2D eigenvalue weighted by Gasteiger charge is 2.60. The van der Waals surface area contributed by atoms with E-state index in [1.165, 1.54) is 6.07 Å². The largest absolute Gasteiger partial charge is 0.508 e. The van der Waals surface area contributed by atoms with Gasteiger partial charge in [0.2, 0.25) is 5.78 Å². The molecule has 2 aromatic carbocycles. The Morgan fingerprint density at radius 2 is 1.71 bits per heavy atom. The molecule has 8 nitrogen and oxygen atoms in total. The number of primary amides is 1. The number of amides is 1. The average Bonchev–Trinajstić information content (AvgIpc) is 2.81. The molecule has 1 amide bonds. The predicted molar refractivity (Wildman–Crippen MR) is 127 cm³/mol. The van der Waals surface area contributed by atoms with E-state index in [1.54, 1.807) is 6.07 Å². The molecule has 35 heavy (non-hydrogen) atoms. The van der Waals surface area contributed by atoms with Crippen molar-refractivity contribution in [1.82, 2.24) is 0 Å². The van der Waals surface area contributed by atoms with Gasteiger partial charge in [-0.1, -0.05) is 48.6 Å². The number of carbonyl (C=O) groups excluding carboxylic acids is 3. The predicted octanol–water partition coefficient (Wildman–Crippen LogP) is 2.59. The molecule has 0 radical (unpaired) electrons. The topological polar surface area (TPSA) is 158 Å². The van der Waals surface area contributed by atoms with Crippen molar-refractivity contribution in [3.63, 3.8) is 0 Å². The molecule has 3 atom stereocenters. The van der Waals surface area contributed by atoms with Crippen LogP contribution in [0.3, 0.4) is 0 Å². The number of nitrogens with two attached hydrogens (primary N) is 1. The number of Topliss-reactive ketones (excluding diaryl/α,β-unsaturated/α-hetero) is 2. The molecule has 178 valence electrons. The number of hydrogen-bond donors (Lipinski definition) is 5. The first-order chi connectivity index (χ1) is 16.6. The molecule has 0 bridgehead atoms. The molecule has 2 aromatic rings. The number of ketones is 2. The summed E-state index contributed by atoms with van der Waals surface area (Å²) in [5.74, 6) is -6.36. The molecule has 0 spiro atoms. The first kappa shape index (κ1) is 22.6. The molecule has 3 aliphatic rings. The molecule has 3 aliphatic carbocycles. The lowest BCUT2D eigenvalue weighted by Gasteiger charge is -2.46. The van der Waals surface area contributed by atoms with Gasteiger partial charge in [0, 0.05) is 17.9 Å². The van der Waals surface area contributed by atoms with Crippen LogP contribution in [0.1, 0.15) is 35.1 Å². The number of aromatic hydroxyl groups is 1. The second-order valence-corrected chi connectivity index (χ2v) is 9.18. The first-order valence-corrected chi connectivity index (χ1v) is 11.2. The van der Waals surface area contributed by atoms with Crippen LogP contribution in [-0.2, 0) is 20.8 Å². The molecular formula is C27H23NO7. The van der Waals surface area contributed by atoms with Crippen molar-refractivity contribution < 1.29 is 34.8 Å². The second-order valence-electron chi connectivity index (χ2n) is 9.18. The van der Waals surface area contributed by atoms with Crippen LogP contribution in [0.25, 0.3) is 17.9 Å². The summed E-state index contributed by atoms with van der Waals surface area (Å²) in [6.45, 7) is 0. The minimum atomic E-state index is -2.56. The summed E-state index contributed by atoms with van der Waals surface area (Å²) in [7, 11) is 0. The summed E-state index contributed by atoms with van der Waals surface area (Å²) in [4.78, 5) is 37.7. The molecule has 8 heteroatoms. The van der Waals surface area contributed by atoms with Crippen molar-refractivity contribution in [2.75, 3.05) is 0 Å². The third kappa shape index (κ3) is 3.29. The fourth-order valence-electron chi connectivity index (χ4n) is 5.55. The van der Waals surface area contributed by atoms with E-state index in [4.69, 9.17) is 5.73 Å². The molecular weight excluding hydrogens is 450 g/mol. The molecule has 6 N–H and O–H groups in total. The van der Waals surface area contributed by atoms with Crippen molar-refractivity contribution in [2.45, 2.75) is 24.9 Å². The maximum atomic E-state index is 13.5. The Kier molecular flexibility index (Phi) is 5.14. The zero-order chi connectivity index (χ0) is 25.1. The highest BCUT2D eigenvalue weighted by molar-refractivity contribution is 6.22. The zero-order valence-corrected chi connectivity index (χ0v) is 18.6. The quantitative estimate of drug-likeness (QED) is 0.338. The van der Waals surface area contributed by atoms with Crippen LogP contribution in [0.15, 0.2) is 59.4 Å². The molecule has 0 unspecified atom stereocenters. The number of rotatable bonds is 3. The Bertz CT molecular complexity index is 1390. The lowest BCUT2D eigenvalue weighted by atomic mass is 9.59. The highest BCUT2D eigenvalue weighted by Crippen LogP contribution is 2.52. The van der Waals surface area contributed by atoms with Crippen LogP contribution < -0.4 is 5.73 Å². The van der Waals surface area contributed by atoms with Crippen LogP contribution in [-0.4, -0.2) is 43.5 Å². The first-order valence-electron chi connectivity index (χ1n) is 11.2. The molecule has 1 fully saturated rings. The monoisotopic (exact) mass is 473 g/mol. The zero-order valence-electron chi connectivity index (χ0n) is 18.6. The van der Waals surface area contributed by atoms with Gasteiger partial charge in [-0.15, -0.1) is 0 Å². The highest BCUT2D eigenvalue weighted by atomic mass is 16.3. The fraction of sp³-hybridized carbons (Fsp3) is 0.222. The fourth-order valence-corrected chi connectivity index (χ4v) is 5.55. The van der Waals surface area contributed by atoms with Crippen LogP contribution >= 0.6 is 0 Å². The smallest absolute Gasteiger partial charge is 0.255 e. The van der Waals surface area contributed by atoms with Crippen molar-refractivity contribution in [3.8, 4) is 5.75 Å². The number of phenols is 1. The second kappa shape index (κ2) is 7.95. The summed E-state index contributed by atoms with van der Waals surface area (Å²) in [5, 5.41) is 43.6. The number of fused-ring (bicyclic) bond motifs is 3. The Labute approximate surface area is 200 Å². The Morgan fingerprint density at radius 3 is 2.40 bits per heavy atom. The third-order valence-corrected chi connectivity index (χ3v) is 7.24. The van der Waals surface area contributed by atoms with Gasteiger partial charge in [0.15, 0.2) is 11.4 Å². The molecule has 5 rings (SSSR count). The number of aliphatic hydroxyl groups excluding tert-OH is 2. The van der Waals surface area contributed by atoms with Gasteiger partial charge in [-0.05, 0) is 41.5 Å². The van der Waals surface area contributed by atoms with E-state index < -0.39 is 52.0 Å². The lowest BCUT2D eigenvalue weighted by molar-refractivity contribution is -0.147. The number of hydrogen-bond acceptors (Lipinski definition) is 7.